The molecular weight excluding hydrogens is 320 g/mol. The van der Waals surface area contributed by atoms with E-state index in [0.29, 0.717) is 30.3 Å². The van der Waals surface area contributed by atoms with Crippen LogP contribution in [-0.4, -0.2) is 78.3 Å². The molecule has 7 heteroatoms. The minimum atomic E-state index is -0.0814. The summed E-state index contributed by atoms with van der Waals surface area (Å²) >= 11 is 0. The predicted molar refractivity (Wildman–Crippen MR) is 90.8 cm³/mol. The van der Waals surface area contributed by atoms with Crippen LogP contribution in [0.5, 0.6) is 0 Å². The van der Waals surface area contributed by atoms with Crippen molar-refractivity contribution < 1.29 is 14.6 Å². The van der Waals surface area contributed by atoms with E-state index in [1.165, 1.54) is 6.20 Å². The molecule has 1 N–H and O–H groups in total. The van der Waals surface area contributed by atoms with Gasteiger partial charge in [0.1, 0.15) is 11.8 Å². The molecule has 1 aromatic heterocycles. The van der Waals surface area contributed by atoms with Gasteiger partial charge >= 0.3 is 0 Å². The normalized spacial score (nSPS) is 24.7. The zero-order valence-electron chi connectivity index (χ0n) is 14.3. The number of carbonyl (C=O) groups is 1. The number of rotatable bonds is 4. The van der Waals surface area contributed by atoms with E-state index in [1.54, 1.807) is 12.1 Å². The Morgan fingerprint density at radius 2 is 2.08 bits per heavy atom. The average Bonchev–Trinajstić information content (AvgIpc) is 2.68. The average molecular weight is 344 g/mol. The molecule has 1 amide bonds. The molecular formula is C18H24N4O3. The molecule has 0 unspecified atom stereocenters. The minimum Gasteiger partial charge on any atom is -0.396 e. The van der Waals surface area contributed by atoms with Crippen LogP contribution in [0, 0.1) is 23.2 Å². The number of amides is 1. The maximum atomic E-state index is 12.8. The molecule has 3 heterocycles. The Bertz CT molecular complexity index is 622. The second-order valence-electron chi connectivity index (χ2n) is 6.82. The van der Waals surface area contributed by atoms with Crippen molar-refractivity contribution >= 4 is 5.91 Å². The number of likely N-dealkylation sites (tertiary alicyclic amines) is 1. The molecule has 0 aromatic carbocycles. The molecule has 0 radical (unpaired) electrons. The summed E-state index contributed by atoms with van der Waals surface area (Å²) in [6.07, 6.45) is 2.39. The second-order valence-corrected chi connectivity index (χ2v) is 6.82. The molecule has 2 saturated heterocycles. The van der Waals surface area contributed by atoms with Crippen LogP contribution in [0.3, 0.4) is 0 Å². The first-order valence-electron chi connectivity index (χ1n) is 8.76. The van der Waals surface area contributed by atoms with Crippen molar-refractivity contribution in [3.05, 3.63) is 29.6 Å². The van der Waals surface area contributed by atoms with Gasteiger partial charge < -0.3 is 14.7 Å². The van der Waals surface area contributed by atoms with E-state index in [0.717, 1.165) is 39.3 Å². The largest absolute Gasteiger partial charge is 0.396 e. The molecule has 1 aromatic rings. The van der Waals surface area contributed by atoms with E-state index in [-0.39, 0.29) is 18.4 Å². The molecule has 2 atom stereocenters. The molecule has 7 nitrogen and oxygen atoms in total. The van der Waals surface area contributed by atoms with E-state index in [2.05, 4.69) is 9.88 Å². The summed E-state index contributed by atoms with van der Waals surface area (Å²) in [5.41, 5.74) is 0.788. The van der Waals surface area contributed by atoms with E-state index in [4.69, 9.17) is 10.00 Å². The summed E-state index contributed by atoms with van der Waals surface area (Å²) in [4.78, 5) is 21.0. The molecule has 134 valence electrons. The van der Waals surface area contributed by atoms with E-state index in [1.807, 2.05) is 11.0 Å². The fourth-order valence-electron chi connectivity index (χ4n) is 3.67. The summed E-state index contributed by atoms with van der Waals surface area (Å²) in [6, 6.07) is 5.16. The number of hydrogen-bond acceptors (Lipinski definition) is 6. The molecule has 25 heavy (non-hydrogen) atoms. The van der Waals surface area contributed by atoms with Crippen molar-refractivity contribution in [1.29, 1.82) is 5.26 Å². The van der Waals surface area contributed by atoms with Crippen molar-refractivity contribution in [2.75, 3.05) is 52.5 Å². The van der Waals surface area contributed by atoms with Crippen molar-refractivity contribution in [3.63, 3.8) is 0 Å². The molecule has 2 aliphatic rings. The van der Waals surface area contributed by atoms with Gasteiger partial charge in [-0.25, -0.2) is 4.98 Å². The lowest BCUT2D eigenvalue weighted by atomic mass is 9.88. The topological polar surface area (TPSA) is 89.7 Å². The van der Waals surface area contributed by atoms with Crippen molar-refractivity contribution in [2.45, 2.75) is 6.42 Å². The Morgan fingerprint density at radius 3 is 2.72 bits per heavy atom. The maximum Gasteiger partial charge on any atom is 0.255 e. The first-order valence-corrected chi connectivity index (χ1v) is 8.76. The Kier molecular flexibility index (Phi) is 5.97. The zero-order chi connectivity index (χ0) is 17.6. The minimum absolute atomic E-state index is 0.0814. The van der Waals surface area contributed by atoms with Crippen LogP contribution in [0.15, 0.2) is 18.3 Å². The van der Waals surface area contributed by atoms with Gasteiger partial charge in [-0.3, -0.25) is 9.69 Å². The van der Waals surface area contributed by atoms with Crippen LogP contribution >= 0.6 is 0 Å². The SMILES string of the molecule is N#Cc1ccc(C(=O)N2C[C@H](CO)C[C@H](CN3CCOCC3)C2)cn1. The predicted octanol–water partition coefficient (Wildman–Crippen LogP) is 0.356. The lowest BCUT2D eigenvalue weighted by molar-refractivity contribution is 0.0130. The zero-order valence-corrected chi connectivity index (χ0v) is 14.3. The number of pyridine rings is 1. The first kappa shape index (κ1) is 17.8. The number of piperidine rings is 1. The van der Waals surface area contributed by atoms with Crippen LogP contribution in [-0.2, 0) is 4.74 Å². The monoisotopic (exact) mass is 344 g/mol. The third-order valence-corrected chi connectivity index (χ3v) is 4.91. The van der Waals surface area contributed by atoms with E-state index < -0.39 is 0 Å². The van der Waals surface area contributed by atoms with Crippen molar-refractivity contribution in [3.8, 4) is 6.07 Å². The summed E-state index contributed by atoms with van der Waals surface area (Å²) in [7, 11) is 0. The number of morpholine rings is 1. The summed E-state index contributed by atoms with van der Waals surface area (Å²) in [6.45, 7) is 5.64. The number of aliphatic hydroxyl groups excluding tert-OH is 1. The Hall–Kier alpha value is -2.01. The standard InChI is InChI=1S/C18H24N4O3/c19-8-17-2-1-16(9-20-17)18(24)22-11-14(7-15(12-22)13-23)10-21-3-5-25-6-4-21/h1-2,9,14-15,23H,3-7,10-13H2/t14-,15-/m1/s1. The maximum absolute atomic E-state index is 12.8. The quantitative estimate of drug-likeness (QED) is 0.848. The van der Waals surface area contributed by atoms with Gasteiger partial charge in [-0.1, -0.05) is 0 Å². The highest BCUT2D eigenvalue weighted by Crippen LogP contribution is 2.24. The number of carbonyl (C=O) groups excluding carboxylic acids is 1. The molecule has 2 fully saturated rings. The summed E-state index contributed by atoms with van der Waals surface area (Å²) in [5.74, 6) is 0.372. The lowest BCUT2D eigenvalue weighted by Crippen LogP contribution is -2.49. The highest BCUT2D eigenvalue weighted by Gasteiger charge is 2.31. The number of nitriles is 1. The first-order chi connectivity index (χ1) is 12.2. The van der Waals surface area contributed by atoms with Gasteiger partial charge in [0.2, 0.25) is 0 Å². The van der Waals surface area contributed by atoms with Gasteiger partial charge in [-0.2, -0.15) is 5.26 Å². The van der Waals surface area contributed by atoms with Gasteiger partial charge in [-0.05, 0) is 30.4 Å². The lowest BCUT2D eigenvalue weighted by Gasteiger charge is -2.40. The third-order valence-electron chi connectivity index (χ3n) is 4.91. The second kappa shape index (κ2) is 8.39. The van der Waals surface area contributed by atoms with E-state index in [9.17, 15) is 9.90 Å². The van der Waals surface area contributed by atoms with Crippen LogP contribution < -0.4 is 0 Å². The van der Waals surface area contributed by atoms with Crippen LogP contribution in [0.4, 0.5) is 0 Å². The van der Waals surface area contributed by atoms with Gasteiger partial charge in [0.05, 0.1) is 18.8 Å². The van der Waals surface area contributed by atoms with Crippen LogP contribution in [0.25, 0.3) is 0 Å². The summed E-state index contributed by atoms with van der Waals surface area (Å²) in [5, 5.41) is 18.5. The number of aromatic nitrogens is 1. The highest BCUT2D eigenvalue weighted by atomic mass is 16.5. The summed E-state index contributed by atoms with van der Waals surface area (Å²) < 4.78 is 5.39. The van der Waals surface area contributed by atoms with Crippen molar-refractivity contribution in [2.24, 2.45) is 11.8 Å². The fraction of sp³-hybridized carbons (Fsp3) is 0.611. The molecule has 2 aliphatic heterocycles. The molecule has 0 spiro atoms. The van der Waals surface area contributed by atoms with Crippen molar-refractivity contribution in [1.82, 2.24) is 14.8 Å². The third kappa shape index (κ3) is 4.54. The number of ether oxygens (including phenoxy) is 1. The number of hydrogen-bond donors (Lipinski definition) is 1. The number of nitrogens with zero attached hydrogens (tertiary/aromatic N) is 4. The molecule has 0 bridgehead atoms. The highest BCUT2D eigenvalue weighted by molar-refractivity contribution is 5.94. The fourth-order valence-corrected chi connectivity index (χ4v) is 3.67. The Labute approximate surface area is 147 Å². The van der Waals surface area contributed by atoms with Gasteiger partial charge in [-0.15, -0.1) is 0 Å². The molecule has 3 rings (SSSR count). The van der Waals surface area contributed by atoms with E-state index >= 15 is 0 Å². The number of aliphatic hydroxyl groups is 1. The smallest absolute Gasteiger partial charge is 0.255 e. The van der Waals surface area contributed by atoms with Crippen LogP contribution in [0.2, 0.25) is 0 Å². The molecule has 0 aliphatic carbocycles. The Balaban J connectivity index is 1.66. The van der Waals surface area contributed by atoms with Gasteiger partial charge in [0.15, 0.2) is 0 Å². The van der Waals surface area contributed by atoms with Gasteiger partial charge in [0.25, 0.3) is 5.91 Å². The van der Waals surface area contributed by atoms with Gasteiger partial charge in [0, 0.05) is 45.5 Å². The Morgan fingerprint density at radius 1 is 1.32 bits per heavy atom. The van der Waals surface area contributed by atoms with Crippen LogP contribution in [0.1, 0.15) is 22.5 Å². The molecule has 0 saturated carbocycles.